The third-order valence-corrected chi connectivity index (χ3v) is 2.42. The van der Waals surface area contributed by atoms with Gasteiger partial charge in [0.25, 0.3) is 0 Å². The van der Waals surface area contributed by atoms with E-state index in [1.165, 1.54) is 0 Å². The van der Waals surface area contributed by atoms with Gasteiger partial charge in [-0.15, -0.1) is 11.8 Å². The maximum atomic E-state index is 4.21. The van der Waals surface area contributed by atoms with E-state index in [-0.39, 0.29) is 0 Å². The SMILES string of the molecule is C=C(SCC)c1ccc(C)nc1. The van der Waals surface area contributed by atoms with Crippen LogP contribution in [0.25, 0.3) is 4.91 Å². The monoisotopic (exact) mass is 179 g/mol. The van der Waals surface area contributed by atoms with Gasteiger partial charge in [0, 0.05) is 22.4 Å². The number of aryl methyl sites for hydroxylation is 1. The fourth-order valence-electron chi connectivity index (χ4n) is 0.890. The number of hydrogen-bond acceptors (Lipinski definition) is 2. The summed E-state index contributed by atoms with van der Waals surface area (Å²) in [7, 11) is 0. The van der Waals surface area contributed by atoms with E-state index in [0.717, 1.165) is 21.9 Å². The van der Waals surface area contributed by atoms with Crippen molar-refractivity contribution in [2.24, 2.45) is 0 Å². The number of rotatable bonds is 3. The normalized spacial score (nSPS) is 9.83. The Kier molecular flexibility index (Phi) is 3.35. The first-order valence-electron chi connectivity index (χ1n) is 3.98. The van der Waals surface area contributed by atoms with Crippen LogP contribution in [-0.4, -0.2) is 10.7 Å². The second-order valence-electron chi connectivity index (χ2n) is 2.54. The van der Waals surface area contributed by atoms with E-state index in [1.807, 2.05) is 19.2 Å². The molecule has 0 bridgehead atoms. The van der Waals surface area contributed by atoms with Crippen molar-refractivity contribution in [3.63, 3.8) is 0 Å². The molecule has 1 aromatic rings. The molecule has 0 amide bonds. The lowest BCUT2D eigenvalue weighted by atomic mass is 10.2. The van der Waals surface area contributed by atoms with Gasteiger partial charge in [0.1, 0.15) is 0 Å². The molecule has 0 saturated carbocycles. The first kappa shape index (κ1) is 9.33. The third kappa shape index (κ3) is 2.38. The van der Waals surface area contributed by atoms with E-state index in [2.05, 4.69) is 24.6 Å². The quantitative estimate of drug-likeness (QED) is 0.707. The summed E-state index contributed by atoms with van der Waals surface area (Å²) >= 11 is 1.76. The van der Waals surface area contributed by atoms with Crippen molar-refractivity contribution in [1.29, 1.82) is 0 Å². The smallest absolute Gasteiger partial charge is 0.0373 e. The highest BCUT2D eigenvalue weighted by atomic mass is 32.2. The Morgan fingerprint density at radius 3 is 2.83 bits per heavy atom. The van der Waals surface area contributed by atoms with Gasteiger partial charge in [-0.1, -0.05) is 19.6 Å². The molecule has 0 aliphatic rings. The molecule has 64 valence electrons. The average molecular weight is 179 g/mol. The fourth-order valence-corrected chi connectivity index (χ4v) is 1.53. The van der Waals surface area contributed by atoms with E-state index < -0.39 is 0 Å². The summed E-state index contributed by atoms with van der Waals surface area (Å²) in [6.45, 7) is 8.08. The number of hydrogen-bond donors (Lipinski definition) is 0. The van der Waals surface area contributed by atoms with E-state index in [0.29, 0.717) is 0 Å². The number of nitrogens with zero attached hydrogens (tertiary/aromatic N) is 1. The van der Waals surface area contributed by atoms with Crippen molar-refractivity contribution in [2.75, 3.05) is 5.75 Å². The van der Waals surface area contributed by atoms with Crippen LogP contribution in [0.15, 0.2) is 24.9 Å². The third-order valence-electron chi connectivity index (χ3n) is 1.55. The van der Waals surface area contributed by atoms with Crippen LogP contribution < -0.4 is 0 Å². The van der Waals surface area contributed by atoms with Crippen molar-refractivity contribution in [3.8, 4) is 0 Å². The molecule has 0 atom stereocenters. The van der Waals surface area contributed by atoms with Crippen LogP contribution in [0.3, 0.4) is 0 Å². The first-order valence-corrected chi connectivity index (χ1v) is 4.97. The highest BCUT2D eigenvalue weighted by molar-refractivity contribution is 8.08. The molecule has 0 aliphatic heterocycles. The van der Waals surface area contributed by atoms with Crippen molar-refractivity contribution in [3.05, 3.63) is 36.2 Å². The lowest BCUT2D eigenvalue weighted by Crippen LogP contribution is -1.83. The van der Waals surface area contributed by atoms with Crippen LogP contribution in [0, 0.1) is 6.92 Å². The van der Waals surface area contributed by atoms with Gasteiger partial charge in [-0.2, -0.15) is 0 Å². The summed E-state index contributed by atoms with van der Waals surface area (Å²) in [5.74, 6) is 1.06. The Hall–Kier alpha value is -0.760. The molecule has 1 aromatic heterocycles. The molecule has 12 heavy (non-hydrogen) atoms. The Morgan fingerprint density at radius 1 is 1.58 bits per heavy atom. The van der Waals surface area contributed by atoms with E-state index in [9.17, 15) is 0 Å². The summed E-state index contributed by atoms with van der Waals surface area (Å²) in [5, 5.41) is 0. The molecule has 0 aliphatic carbocycles. The van der Waals surface area contributed by atoms with Crippen molar-refractivity contribution in [1.82, 2.24) is 4.98 Å². The van der Waals surface area contributed by atoms with Crippen LogP contribution in [0.2, 0.25) is 0 Å². The Balaban J connectivity index is 2.75. The van der Waals surface area contributed by atoms with Crippen LogP contribution >= 0.6 is 11.8 Å². The van der Waals surface area contributed by atoms with Crippen molar-refractivity contribution in [2.45, 2.75) is 13.8 Å². The predicted molar refractivity (Wildman–Crippen MR) is 56.1 cm³/mol. The minimum atomic E-state index is 1.05. The highest BCUT2D eigenvalue weighted by Crippen LogP contribution is 2.23. The lowest BCUT2D eigenvalue weighted by molar-refractivity contribution is 1.19. The summed E-state index contributed by atoms with van der Waals surface area (Å²) in [5.41, 5.74) is 2.18. The summed E-state index contributed by atoms with van der Waals surface area (Å²) in [6.07, 6.45) is 1.88. The fraction of sp³-hybridized carbons (Fsp3) is 0.300. The Labute approximate surface area is 77.9 Å². The minimum Gasteiger partial charge on any atom is -0.261 e. The van der Waals surface area contributed by atoms with Crippen molar-refractivity contribution < 1.29 is 0 Å². The van der Waals surface area contributed by atoms with E-state index in [1.54, 1.807) is 11.8 Å². The maximum absolute atomic E-state index is 4.21. The molecule has 0 fully saturated rings. The molecule has 1 heterocycles. The number of thioether (sulfide) groups is 1. The van der Waals surface area contributed by atoms with E-state index >= 15 is 0 Å². The Morgan fingerprint density at radius 2 is 2.33 bits per heavy atom. The zero-order valence-electron chi connectivity index (χ0n) is 7.50. The predicted octanol–water partition coefficient (Wildman–Crippen LogP) is 3.11. The summed E-state index contributed by atoms with van der Waals surface area (Å²) < 4.78 is 0. The lowest BCUT2D eigenvalue weighted by Gasteiger charge is -2.02. The van der Waals surface area contributed by atoms with Gasteiger partial charge in [0.2, 0.25) is 0 Å². The Bertz CT molecular complexity index is 264. The van der Waals surface area contributed by atoms with Crippen LogP contribution in [0.5, 0.6) is 0 Å². The van der Waals surface area contributed by atoms with Crippen LogP contribution in [0.4, 0.5) is 0 Å². The molecular weight excluding hydrogens is 166 g/mol. The maximum Gasteiger partial charge on any atom is 0.0373 e. The van der Waals surface area contributed by atoms with Gasteiger partial charge < -0.3 is 0 Å². The molecule has 0 aromatic carbocycles. The summed E-state index contributed by atoms with van der Waals surface area (Å²) in [4.78, 5) is 5.31. The van der Waals surface area contributed by atoms with Gasteiger partial charge in [-0.25, -0.2) is 0 Å². The van der Waals surface area contributed by atoms with Crippen LogP contribution in [-0.2, 0) is 0 Å². The topological polar surface area (TPSA) is 12.9 Å². The molecule has 0 unspecified atom stereocenters. The zero-order valence-corrected chi connectivity index (χ0v) is 8.32. The zero-order chi connectivity index (χ0) is 8.97. The molecule has 0 spiro atoms. The number of aromatic nitrogens is 1. The van der Waals surface area contributed by atoms with Gasteiger partial charge in [-0.05, 0) is 18.7 Å². The van der Waals surface area contributed by atoms with Gasteiger partial charge in [-0.3, -0.25) is 4.98 Å². The van der Waals surface area contributed by atoms with Crippen LogP contribution in [0.1, 0.15) is 18.2 Å². The molecule has 1 nitrogen and oxygen atoms in total. The molecular formula is C10H13NS. The molecule has 2 heteroatoms. The molecule has 1 rings (SSSR count). The molecule has 0 saturated heterocycles. The van der Waals surface area contributed by atoms with Gasteiger partial charge in [0.05, 0.1) is 0 Å². The largest absolute Gasteiger partial charge is 0.261 e. The number of pyridine rings is 1. The average Bonchev–Trinajstić information content (AvgIpc) is 2.06. The molecule has 0 radical (unpaired) electrons. The highest BCUT2D eigenvalue weighted by Gasteiger charge is 1.97. The van der Waals surface area contributed by atoms with E-state index in [4.69, 9.17) is 0 Å². The second-order valence-corrected chi connectivity index (χ2v) is 3.90. The molecule has 0 N–H and O–H groups in total. The van der Waals surface area contributed by atoms with Crippen molar-refractivity contribution >= 4 is 16.7 Å². The summed E-state index contributed by atoms with van der Waals surface area (Å²) in [6, 6.07) is 4.07. The first-order chi connectivity index (χ1) is 5.74. The minimum absolute atomic E-state index is 1.05. The van der Waals surface area contributed by atoms with Gasteiger partial charge in [0.15, 0.2) is 0 Å². The standard InChI is InChI=1S/C10H13NS/c1-4-12-9(3)10-6-5-8(2)11-7-10/h5-7H,3-4H2,1-2H3. The van der Waals surface area contributed by atoms with Gasteiger partial charge >= 0.3 is 0 Å². The second kappa shape index (κ2) is 4.31.